The van der Waals surface area contributed by atoms with E-state index in [-0.39, 0.29) is 16.9 Å². The van der Waals surface area contributed by atoms with Crippen LogP contribution in [-0.2, 0) is 4.79 Å². The van der Waals surface area contributed by atoms with Crippen LogP contribution in [0.2, 0.25) is 0 Å². The van der Waals surface area contributed by atoms with E-state index >= 15 is 0 Å². The van der Waals surface area contributed by atoms with E-state index in [4.69, 9.17) is 15.1 Å². The van der Waals surface area contributed by atoms with Crippen molar-refractivity contribution in [2.24, 2.45) is 0 Å². The van der Waals surface area contributed by atoms with E-state index in [1.54, 1.807) is 39.1 Å². The van der Waals surface area contributed by atoms with Crippen LogP contribution in [0, 0.1) is 5.41 Å². The van der Waals surface area contributed by atoms with Crippen LogP contribution in [0.1, 0.15) is 5.56 Å². The van der Waals surface area contributed by atoms with Crippen LogP contribution >= 0.6 is 23.1 Å². The maximum absolute atomic E-state index is 13.4. The third kappa shape index (κ3) is 3.47. The van der Waals surface area contributed by atoms with E-state index < -0.39 is 0 Å². The molecule has 11 heteroatoms. The molecule has 0 atom stereocenters. The fourth-order valence-electron chi connectivity index (χ4n) is 3.59. The Morgan fingerprint density at radius 2 is 1.76 bits per heavy atom. The summed E-state index contributed by atoms with van der Waals surface area (Å²) < 4.78 is 8.37. The Hall–Kier alpha value is -4.22. The van der Waals surface area contributed by atoms with Crippen LogP contribution in [0.5, 0.6) is 0 Å². The molecule has 1 saturated heterocycles. The van der Waals surface area contributed by atoms with Crippen LogP contribution in [0.4, 0.5) is 5.82 Å². The van der Waals surface area contributed by atoms with E-state index in [9.17, 15) is 4.79 Å². The summed E-state index contributed by atoms with van der Waals surface area (Å²) in [6.45, 7) is 0. The maximum atomic E-state index is 13.4. The lowest BCUT2D eigenvalue weighted by molar-refractivity contribution is -0.113. The number of hydrogen-bond donors (Lipinski definition) is 1. The molecule has 9 nitrogen and oxygen atoms in total. The molecule has 5 aromatic rings. The zero-order valence-electron chi connectivity index (χ0n) is 17.4. The summed E-state index contributed by atoms with van der Waals surface area (Å²) in [5.41, 5.74) is 2.45. The van der Waals surface area contributed by atoms with Gasteiger partial charge in [-0.15, -0.1) is 11.3 Å². The van der Waals surface area contributed by atoms with Crippen molar-refractivity contribution < 1.29 is 9.42 Å². The van der Waals surface area contributed by atoms with Gasteiger partial charge in [0.25, 0.3) is 5.91 Å². The molecular weight excluding hydrogens is 470 g/mol. The lowest BCUT2D eigenvalue weighted by atomic mass is 10.2. The molecule has 0 spiro atoms. The number of thioether (sulfide) groups is 1. The summed E-state index contributed by atoms with van der Waals surface area (Å²) in [4.78, 5) is 15.9. The number of hydrogen-bond acceptors (Lipinski definition) is 8. The number of aromatic nitrogens is 5. The van der Waals surface area contributed by atoms with Gasteiger partial charge >= 0.3 is 0 Å². The number of nitrogens with one attached hydrogen (secondary N) is 1. The van der Waals surface area contributed by atoms with Crippen molar-refractivity contribution in [2.75, 3.05) is 4.90 Å². The second-order valence-electron chi connectivity index (χ2n) is 7.25. The number of rotatable bonds is 5. The van der Waals surface area contributed by atoms with Gasteiger partial charge in [0.2, 0.25) is 11.6 Å². The predicted octanol–water partition coefficient (Wildman–Crippen LogP) is 4.83. The summed E-state index contributed by atoms with van der Waals surface area (Å²) in [6, 6.07) is 17.4. The number of carbonyl (C=O) groups excluding carboxylic acids is 1. The number of amides is 1. The largest absolute Gasteiger partial charge is 0.303 e. The van der Waals surface area contributed by atoms with Crippen molar-refractivity contribution in [3.63, 3.8) is 0 Å². The number of carbonyl (C=O) groups is 1. The van der Waals surface area contributed by atoms with Crippen molar-refractivity contribution in [3.05, 3.63) is 89.0 Å². The molecular formula is C23H15N7O2S2. The smallest absolute Gasteiger partial charge is 0.272 e. The molecule has 0 radical (unpaired) electrons. The second-order valence-corrected chi connectivity index (χ2v) is 9.23. The average molecular weight is 486 g/mol. The van der Waals surface area contributed by atoms with Crippen molar-refractivity contribution in [1.29, 1.82) is 5.41 Å². The summed E-state index contributed by atoms with van der Waals surface area (Å²) >= 11 is 2.63. The quantitative estimate of drug-likeness (QED) is 0.358. The zero-order valence-corrected chi connectivity index (χ0v) is 19.0. The monoisotopic (exact) mass is 485 g/mol. The Morgan fingerprint density at radius 1 is 0.971 bits per heavy atom. The Kier molecular flexibility index (Phi) is 4.97. The van der Waals surface area contributed by atoms with Gasteiger partial charge in [0.05, 0.1) is 15.5 Å². The summed E-state index contributed by atoms with van der Waals surface area (Å²) in [5, 5.41) is 23.1. The molecule has 5 heterocycles. The van der Waals surface area contributed by atoms with Gasteiger partial charge in [0.15, 0.2) is 5.17 Å². The zero-order chi connectivity index (χ0) is 23.1. The van der Waals surface area contributed by atoms with E-state index in [2.05, 4.69) is 10.3 Å². The Balaban J connectivity index is 1.40. The van der Waals surface area contributed by atoms with E-state index in [0.29, 0.717) is 10.7 Å². The molecule has 0 aliphatic carbocycles. The SMILES string of the molecule is N=C1S/C(=C\c2cn(-c3ccccc3)nc2-c2cccs2)C(=O)N1c1nonc1-n1cccc1. The van der Waals surface area contributed by atoms with E-state index in [1.165, 1.54) is 4.90 Å². The molecule has 4 aromatic heterocycles. The van der Waals surface area contributed by atoms with Crippen molar-refractivity contribution in [3.8, 4) is 22.1 Å². The highest BCUT2D eigenvalue weighted by atomic mass is 32.2. The van der Waals surface area contributed by atoms with Gasteiger partial charge in [-0.25, -0.2) is 14.2 Å². The first-order valence-electron chi connectivity index (χ1n) is 10.2. The molecule has 6 rings (SSSR count). The number of benzene rings is 1. The molecule has 1 aromatic carbocycles. The molecule has 34 heavy (non-hydrogen) atoms. The highest BCUT2D eigenvalue weighted by molar-refractivity contribution is 8.19. The average Bonchev–Trinajstić information content (AvgIpc) is 3.66. The number of thiophene rings is 1. The Morgan fingerprint density at radius 3 is 2.53 bits per heavy atom. The van der Waals surface area contributed by atoms with Gasteiger partial charge < -0.3 is 4.57 Å². The number of anilines is 1. The third-order valence-electron chi connectivity index (χ3n) is 5.14. The minimum Gasteiger partial charge on any atom is -0.303 e. The van der Waals surface area contributed by atoms with Crippen LogP contribution < -0.4 is 4.90 Å². The van der Waals surface area contributed by atoms with Gasteiger partial charge in [0, 0.05) is 24.2 Å². The first-order chi connectivity index (χ1) is 16.7. The normalized spacial score (nSPS) is 15.1. The molecule has 166 valence electrons. The first-order valence-corrected chi connectivity index (χ1v) is 11.9. The summed E-state index contributed by atoms with van der Waals surface area (Å²) in [7, 11) is 0. The summed E-state index contributed by atoms with van der Waals surface area (Å²) in [5.74, 6) is 0.130. The minimum atomic E-state index is -0.372. The van der Waals surface area contributed by atoms with E-state index in [1.807, 2.05) is 66.2 Å². The molecule has 1 amide bonds. The minimum absolute atomic E-state index is 0.0217. The van der Waals surface area contributed by atoms with Gasteiger partial charge in [-0.3, -0.25) is 10.2 Å². The molecule has 1 aliphatic heterocycles. The molecule has 1 fully saturated rings. The molecule has 0 unspecified atom stereocenters. The molecule has 0 bridgehead atoms. The van der Waals surface area contributed by atoms with Gasteiger partial charge in [-0.05, 0) is 63.9 Å². The van der Waals surface area contributed by atoms with Gasteiger partial charge in [-0.1, -0.05) is 24.3 Å². The standard InChI is InChI=1S/C23H15N7O2S2/c24-23-30(21-20(26-32-27-21)28-10-4-5-11-28)22(31)18(34-23)13-15-14-29(16-7-2-1-3-8-16)25-19(15)17-9-6-12-33-17/h1-14,24H/b18-13-,24-23?. The van der Waals surface area contributed by atoms with Crippen molar-refractivity contribution in [1.82, 2.24) is 24.7 Å². The number of para-hydroxylation sites is 1. The highest BCUT2D eigenvalue weighted by Gasteiger charge is 2.38. The van der Waals surface area contributed by atoms with Crippen LogP contribution in [0.3, 0.4) is 0 Å². The van der Waals surface area contributed by atoms with Gasteiger partial charge in [0.1, 0.15) is 5.69 Å². The lowest BCUT2D eigenvalue weighted by Crippen LogP contribution is -2.29. The lowest BCUT2D eigenvalue weighted by Gasteiger charge is -2.11. The summed E-state index contributed by atoms with van der Waals surface area (Å²) in [6.07, 6.45) is 7.19. The number of amidine groups is 1. The number of nitrogens with zero attached hydrogens (tertiary/aromatic N) is 6. The fourth-order valence-corrected chi connectivity index (χ4v) is 5.15. The van der Waals surface area contributed by atoms with Crippen molar-refractivity contribution >= 4 is 46.1 Å². The van der Waals surface area contributed by atoms with Crippen molar-refractivity contribution in [2.45, 2.75) is 0 Å². The maximum Gasteiger partial charge on any atom is 0.272 e. The first kappa shape index (κ1) is 20.4. The third-order valence-corrected chi connectivity index (χ3v) is 6.91. The second kappa shape index (κ2) is 8.28. The fraction of sp³-hybridized carbons (Fsp3) is 0. The molecule has 0 saturated carbocycles. The Bertz CT molecular complexity index is 1520. The van der Waals surface area contributed by atoms with Gasteiger partial charge in [-0.2, -0.15) is 5.10 Å². The predicted molar refractivity (Wildman–Crippen MR) is 131 cm³/mol. The Labute approximate surface area is 201 Å². The van der Waals surface area contributed by atoms with E-state index in [0.717, 1.165) is 33.6 Å². The topological polar surface area (TPSA) is 106 Å². The highest BCUT2D eigenvalue weighted by Crippen LogP contribution is 2.38. The van der Waals surface area contributed by atoms with Crippen LogP contribution in [0.15, 0.2) is 88.1 Å². The molecule has 1 aliphatic rings. The van der Waals surface area contributed by atoms with Crippen LogP contribution in [0.25, 0.3) is 28.2 Å². The molecule has 1 N–H and O–H groups in total. The van der Waals surface area contributed by atoms with Crippen LogP contribution in [-0.4, -0.2) is 35.7 Å².